The maximum absolute atomic E-state index is 2.62. The van der Waals surface area contributed by atoms with E-state index in [9.17, 15) is 0 Å². The van der Waals surface area contributed by atoms with Gasteiger partial charge in [-0.15, -0.1) is 0 Å². The summed E-state index contributed by atoms with van der Waals surface area (Å²) in [5, 5.41) is 0. The van der Waals surface area contributed by atoms with Crippen LogP contribution in [0.25, 0.3) is 0 Å². The van der Waals surface area contributed by atoms with Gasteiger partial charge in [-0.3, -0.25) is 0 Å². The molecule has 1 heteroatoms. The monoisotopic (exact) mass is 155 g/mol. The number of unbranched alkanes of at least 4 members (excludes halogenated alkanes) is 1. The Labute approximate surface area is 70.8 Å². The van der Waals surface area contributed by atoms with Crippen LogP contribution >= 0.6 is 0 Å². The summed E-state index contributed by atoms with van der Waals surface area (Å²) in [6, 6.07) is 0. The minimum absolute atomic E-state index is 1.01. The molecule has 0 aliphatic carbocycles. The molecule has 0 bridgehead atoms. The van der Waals surface area contributed by atoms with Crippen LogP contribution in [0.5, 0.6) is 0 Å². The van der Waals surface area contributed by atoms with Crippen molar-refractivity contribution < 1.29 is 0 Å². The second kappa shape index (κ2) is 4.76. The van der Waals surface area contributed by atoms with Crippen molar-refractivity contribution in [1.82, 2.24) is 4.90 Å². The summed E-state index contributed by atoms with van der Waals surface area (Å²) in [7, 11) is 0. The molecule has 11 heavy (non-hydrogen) atoms. The number of rotatable bonds is 4. The van der Waals surface area contributed by atoms with Crippen molar-refractivity contribution in [2.24, 2.45) is 5.92 Å². The molecule has 0 saturated carbocycles. The van der Waals surface area contributed by atoms with Crippen LogP contribution in [0.1, 0.15) is 39.5 Å². The van der Waals surface area contributed by atoms with Gasteiger partial charge >= 0.3 is 0 Å². The number of nitrogens with zero attached hydrogens (tertiary/aromatic N) is 1. The molecule has 0 spiro atoms. The second-order valence-corrected chi connectivity index (χ2v) is 3.72. The van der Waals surface area contributed by atoms with Crippen LogP contribution in [-0.4, -0.2) is 24.5 Å². The quantitative estimate of drug-likeness (QED) is 0.603. The SMILES string of the molecule is CCCCN1CC[C@@H](CC)C1. The van der Waals surface area contributed by atoms with Crippen LogP contribution in [-0.2, 0) is 0 Å². The fraction of sp³-hybridized carbons (Fsp3) is 1.00. The molecule has 1 aliphatic rings. The van der Waals surface area contributed by atoms with Crippen LogP contribution in [0, 0.1) is 5.92 Å². The molecule has 0 aromatic rings. The molecule has 1 nitrogen and oxygen atoms in total. The van der Waals surface area contributed by atoms with Crippen molar-refractivity contribution >= 4 is 0 Å². The average Bonchev–Trinajstić information content (AvgIpc) is 2.48. The lowest BCUT2D eigenvalue weighted by Gasteiger charge is -2.14. The first kappa shape index (κ1) is 9.05. The zero-order chi connectivity index (χ0) is 8.10. The number of hydrogen-bond acceptors (Lipinski definition) is 1. The van der Waals surface area contributed by atoms with Gasteiger partial charge in [0.25, 0.3) is 0 Å². The van der Waals surface area contributed by atoms with Crippen LogP contribution < -0.4 is 0 Å². The van der Waals surface area contributed by atoms with Gasteiger partial charge in [0.2, 0.25) is 0 Å². The van der Waals surface area contributed by atoms with Crippen molar-refractivity contribution in [2.45, 2.75) is 39.5 Å². The zero-order valence-electron chi connectivity index (χ0n) is 7.97. The lowest BCUT2D eigenvalue weighted by molar-refractivity contribution is 0.317. The van der Waals surface area contributed by atoms with E-state index in [1.165, 1.54) is 45.3 Å². The molecular formula is C10H21N. The molecule has 0 N–H and O–H groups in total. The van der Waals surface area contributed by atoms with Gasteiger partial charge in [0, 0.05) is 6.54 Å². The van der Waals surface area contributed by atoms with Gasteiger partial charge < -0.3 is 4.90 Å². The van der Waals surface area contributed by atoms with Crippen LogP contribution in [0.3, 0.4) is 0 Å². The Morgan fingerprint density at radius 3 is 2.73 bits per heavy atom. The summed E-state index contributed by atoms with van der Waals surface area (Å²) in [4.78, 5) is 2.62. The third-order valence-corrected chi connectivity index (χ3v) is 2.78. The first-order valence-electron chi connectivity index (χ1n) is 5.09. The molecule has 1 fully saturated rings. The largest absolute Gasteiger partial charge is 0.303 e. The van der Waals surface area contributed by atoms with Crippen LogP contribution in [0.15, 0.2) is 0 Å². The molecule has 0 radical (unpaired) electrons. The summed E-state index contributed by atoms with van der Waals surface area (Å²) >= 11 is 0. The predicted octanol–water partition coefficient (Wildman–Crippen LogP) is 2.52. The van der Waals surface area contributed by atoms with Crippen molar-refractivity contribution in [2.75, 3.05) is 19.6 Å². The average molecular weight is 155 g/mol. The van der Waals surface area contributed by atoms with Gasteiger partial charge in [0.05, 0.1) is 0 Å². The van der Waals surface area contributed by atoms with E-state index >= 15 is 0 Å². The summed E-state index contributed by atoms with van der Waals surface area (Å²) in [5.41, 5.74) is 0. The molecule has 1 rings (SSSR count). The lowest BCUT2D eigenvalue weighted by atomic mass is 10.1. The van der Waals surface area contributed by atoms with Crippen molar-refractivity contribution in [1.29, 1.82) is 0 Å². The van der Waals surface area contributed by atoms with Gasteiger partial charge in [-0.1, -0.05) is 26.7 Å². The van der Waals surface area contributed by atoms with E-state index in [2.05, 4.69) is 18.7 Å². The molecule has 66 valence electrons. The summed E-state index contributed by atoms with van der Waals surface area (Å²) in [5.74, 6) is 1.01. The highest BCUT2D eigenvalue weighted by Crippen LogP contribution is 2.18. The number of likely N-dealkylation sites (tertiary alicyclic amines) is 1. The topological polar surface area (TPSA) is 3.24 Å². The van der Waals surface area contributed by atoms with Crippen molar-refractivity contribution in [3.8, 4) is 0 Å². The zero-order valence-corrected chi connectivity index (χ0v) is 7.97. The van der Waals surface area contributed by atoms with E-state index in [1.807, 2.05) is 0 Å². The first-order valence-corrected chi connectivity index (χ1v) is 5.09. The van der Waals surface area contributed by atoms with Crippen molar-refractivity contribution in [3.63, 3.8) is 0 Å². The molecule has 0 aromatic heterocycles. The molecule has 1 heterocycles. The fourth-order valence-corrected chi connectivity index (χ4v) is 1.83. The smallest absolute Gasteiger partial charge is 0.00100 e. The predicted molar refractivity (Wildman–Crippen MR) is 49.7 cm³/mol. The highest BCUT2D eigenvalue weighted by atomic mass is 15.1. The summed E-state index contributed by atoms with van der Waals surface area (Å²) in [6.07, 6.45) is 5.55. The molecule has 1 saturated heterocycles. The molecule has 0 amide bonds. The Bertz CT molecular complexity index is 101. The van der Waals surface area contributed by atoms with Crippen molar-refractivity contribution in [3.05, 3.63) is 0 Å². The highest BCUT2D eigenvalue weighted by molar-refractivity contribution is 4.73. The third-order valence-electron chi connectivity index (χ3n) is 2.78. The van der Waals surface area contributed by atoms with Crippen LogP contribution in [0.4, 0.5) is 0 Å². The lowest BCUT2D eigenvalue weighted by Crippen LogP contribution is -2.21. The number of hydrogen-bond donors (Lipinski definition) is 0. The van der Waals surface area contributed by atoms with E-state index in [4.69, 9.17) is 0 Å². The van der Waals surface area contributed by atoms with Gasteiger partial charge in [0.1, 0.15) is 0 Å². The Hall–Kier alpha value is -0.0400. The van der Waals surface area contributed by atoms with E-state index in [0.717, 1.165) is 5.92 Å². The van der Waals surface area contributed by atoms with Gasteiger partial charge in [-0.2, -0.15) is 0 Å². The Morgan fingerprint density at radius 2 is 2.18 bits per heavy atom. The molecular weight excluding hydrogens is 134 g/mol. The molecule has 1 atom stereocenters. The third kappa shape index (κ3) is 2.82. The van der Waals surface area contributed by atoms with Gasteiger partial charge in [-0.25, -0.2) is 0 Å². The maximum atomic E-state index is 2.62. The van der Waals surface area contributed by atoms with Gasteiger partial charge in [-0.05, 0) is 31.8 Å². The van der Waals surface area contributed by atoms with E-state index < -0.39 is 0 Å². The highest BCUT2D eigenvalue weighted by Gasteiger charge is 2.19. The van der Waals surface area contributed by atoms with E-state index in [1.54, 1.807) is 0 Å². The van der Waals surface area contributed by atoms with Gasteiger partial charge in [0.15, 0.2) is 0 Å². The minimum atomic E-state index is 1.01. The Morgan fingerprint density at radius 1 is 1.36 bits per heavy atom. The molecule has 0 unspecified atom stereocenters. The first-order chi connectivity index (χ1) is 5.36. The normalized spacial score (nSPS) is 26.2. The van der Waals surface area contributed by atoms with Crippen LogP contribution in [0.2, 0.25) is 0 Å². The fourth-order valence-electron chi connectivity index (χ4n) is 1.83. The molecule has 0 aromatic carbocycles. The maximum Gasteiger partial charge on any atom is 0.00100 e. The Kier molecular flexibility index (Phi) is 3.92. The van der Waals surface area contributed by atoms with E-state index in [0.29, 0.717) is 0 Å². The summed E-state index contributed by atoms with van der Waals surface area (Å²) in [6.45, 7) is 8.66. The standard InChI is InChI=1S/C10H21N/c1-3-5-7-11-8-6-10(4-2)9-11/h10H,3-9H2,1-2H3/t10-/m1/s1. The summed E-state index contributed by atoms with van der Waals surface area (Å²) < 4.78 is 0. The second-order valence-electron chi connectivity index (χ2n) is 3.72. The van der Waals surface area contributed by atoms with E-state index in [-0.39, 0.29) is 0 Å². The Balaban J connectivity index is 2.09. The molecule has 1 aliphatic heterocycles. The minimum Gasteiger partial charge on any atom is -0.303 e.